The second kappa shape index (κ2) is 7.26. The minimum Gasteiger partial charge on any atom is -0.510 e. The van der Waals surface area contributed by atoms with Gasteiger partial charge in [-0.25, -0.2) is 9.97 Å². The van der Waals surface area contributed by atoms with Gasteiger partial charge < -0.3 is 10.1 Å². The highest BCUT2D eigenvalue weighted by Gasteiger charge is 2.20. The maximum absolute atomic E-state index is 10.6. The summed E-state index contributed by atoms with van der Waals surface area (Å²) < 4.78 is 0. The van der Waals surface area contributed by atoms with Crippen molar-refractivity contribution in [1.82, 2.24) is 25.1 Å². The fourth-order valence-corrected chi connectivity index (χ4v) is 3.99. The molecule has 0 aliphatic rings. The van der Waals surface area contributed by atoms with Crippen LogP contribution in [-0.4, -0.2) is 35.5 Å². The summed E-state index contributed by atoms with van der Waals surface area (Å²) in [6, 6.07) is 13.4. The van der Waals surface area contributed by atoms with E-state index in [0.29, 0.717) is 16.8 Å². The van der Waals surface area contributed by atoms with Crippen molar-refractivity contribution < 1.29 is 5.11 Å². The Morgan fingerprint density at radius 2 is 2.11 bits per heavy atom. The molecule has 0 aliphatic heterocycles. The number of rotatable bonds is 5. The molecule has 0 saturated carbocycles. The van der Waals surface area contributed by atoms with Crippen LogP contribution < -0.4 is 0 Å². The number of benzene rings is 1. The fraction of sp³-hybridized carbons (Fsp3) is 0.111. The van der Waals surface area contributed by atoms with Gasteiger partial charge in [-0.3, -0.25) is 5.10 Å². The van der Waals surface area contributed by atoms with E-state index in [9.17, 15) is 10.4 Å². The summed E-state index contributed by atoms with van der Waals surface area (Å²) >= 11 is 2.83. The predicted molar refractivity (Wildman–Crippen MR) is 106 cm³/mol. The van der Waals surface area contributed by atoms with Gasteiger partial charge in [-0.1, -0.05) is 30.0 Å². The maximum atomic E-state index is 10.6. The van der Waals surface area contributed by atoms with Crippen LogP contribution in [0.25, 0.3) is 27.3 Å². The van der Waals surface area contributed by atoms with Crippen LogP contribution in [0.2, 0.25) is 0 Å². The van der Waals surface area contributed by atoms with Crippen molar-refractivity contribution in [2.75, 3.05) is 0 Å². The largest absolute Gasteiger partial charge is 0.510 e. The molecule has 1 atom stereocenters. The number of nitrogens with zero attached hydrogens (tertiary/aromatic N) is 4. The predicted octanol–water partition coefficient (Wildman–Crippen LogP) is 4.38. The Balaban J connectivity index is 1.59. The van der Waals surface area contributed by atoms with Crippen LogP contribution in [0, 0.1) is 11.3 Å². The van der Waals surface area contributed by atoms with E-state index in [4.69, 9.17) is 0 Å². The standard InChI is InChI=1S/C18H14N6OS2/c1-10(27-18-22-17(23-24-18)14-7-4-8-26-14)15(25)11(9-19)16-20-12-5-2-3-6-13(12)21-16/h2-8,10,25H,1H3,(H,20,21)(H,22,23,24)/b15-11-/t10-/m0/s1. The van der Waals surface area contributed by atoms with E-state index in [1.165, 1.54) is 11.8 Å². The summed E-state index contributed by atoms with van der Waals surface area (Å²) in [7, 11) is 0. The zero-order valence-corrected chi connectivity index (χ0v) is 15.8. The molecule has 0 radical (unpaired) electrons. The van der Waals surface area contributed by atoms with Crippen LogP contribution in [0.15, 0.2) is 52.7 Å². The van der Waals surface area contributed by atoms with Crippen LogP contribution >= 0.6 is 23.1 Å². The summed E-state index contributed by atoms with van der Waals surface area (Å²) in [5.41, 5.74) is 1.66. The van der Waals surface area contributed by atoms with Crippen LogP contribution in [0.5, 0.6) is 0 Å². The number of fused-ring (bicyclic) bond motifs is 1. The molecule has 0 bridgehead atoms. The lowest BCUT2D eigenvalue weighted by atomic mass is 10.2. The van der Waals surface area contributed by atoms with Crippen LogP contribution in [0.4, 0.5) is 0 Å². The zero-order valence-electron chi connectivity index (χ0n) is 14.2. The van der Waals surface area contributed by atoms with Gasteiger partial charge in [-0.05, 0) is 30.5 Å². The van der Waals surface area contributed by atoms with Crippen molar-refractivity contribution in [3.8, 4) is 16.8 Å². The third-order valence-electron chi connectivity index (χ3n) is 3.88. The van der Waals surface area contributed by atoms with Crippen molar-refractivity contribution >= 4 is 39.7 Å². The molecule has 0 aliphatic carbocycles. The van der Waals surface area contributed by atoms with E-state index in [2.05, 4.69) is 25.1 Å². The molecule has 134 valence electrons. The maximum Gasteiger partial charge on any atom is 0.209 e. The SMILES string of the molecule is C[C@H](Sc1n[nH]c(-c2cccs2)n1)/C(O)=C(\C#N)c1nc2ccccc2[nH]1. The lowest BCUT2D eigenvalue weighted by Gasteiger charge is -2.09. The molecule has 4 rings (SSSR count). The minimum atomic E-state index is -0.417. The Hall–Kier alpha value is -3.09. The molecule has 3 aromatic heterocycles. The number of aromatic nitrogens is 5. The van der Waals surface area contributed by atoms with Gasteiger partial charge >= 0.3 is 0 Å². The highest BCUT2D eigenvalue weighted by molar-refractivity contribution is 7.99. The molecular weight excluding hydrogens is 380 g/mol. The molecule has 0 amide bonds. The summed E-state index contributed by atoms with van der Waals surface area (Å²) in [4.78, 5) is 12.9. The van der Waals surface area contributed by atoms with Crippen molar-refractivity contribution in [3.05, 3.63) is 53.4 Å². The summed E-state index contributed by atoms with van der Waals surface area (Å²) in [5, 5.41) is 29.3. The smallest absolute Gasteiger partial charge is 0.209 e. The van der Waals surface area contributed by atoms with E-state index in [1.54, 1.807) is 18.3 Å². The van der Waals surface area contributed by atoms with Crippen molar-refractivity contribution in [2.45, 2.75) is 17.3 Å². The number of imidazole rings is 1. The molecule has 1 aromatic carbocycles. The van der Waals surface area contributed by atoms with Crippen LogP contribution in [-0.2, 0) is 0 Å². The second-order valence-electron chi connectivity index (χ2n) is 5.68. The lowest BCUT2D eigenvalue weighted by molar-refractivity contribution is 0.401. The molecule has 0 spiro atoms. The summed E-state index contributed by atoms with van der Waals surface area (Å²) in [5.74, 6) is 0.961. The first-order chi connectivity index (χ1) is 13.2. The first-order valence-electron chi connectivity index (χ1n) is 8.07. The Morgan fingerprint density at radius 3 is 2.85 bits per heavy atom. The number of allylic oxidation sites excluding steroid dienone is 1. The number of H-pyrrole nitrogens is 2. The van der Waals surface area contributed by atoms with Gasteiger partial charge in [0.25, 0.3) is 0 Å². The van der Waals surface area contributed by atoms with E-state index < -0.39 is 5.25 Å². The number of aliphatic hydroxyl groups is 1. The van der Waals surface area contributed by atoms with Gasteiger partial charge in [0.15, 0.2) is 11.6 Å². The number of nitrogens with one attached hydrogen (secondary N) is 2. The lowest BCUT2D eigenvalue weighted by Crippen LogP contribution is -2.05. The van der Waals surface area contributed by atoms with Crippen molar-refractivity contribution in [3.63, 3.8) is 0 Å². The summed E-state index contributed by atoms with van der Waals surface area (Å²) in [6.07, 6.45) is 0. The molecule has 3 heterocycles. The normalized spacial score (nSPS) is 13.3. The van der Waals surface area contributed by atoms with Gasteiger partial charge in [0.1, 0.15) is 17.4 Å². The van der Waals surface area contributed by atoms with E-state index in [-0.39, 0.29) is 11.3 Å². The number of aromatic amines is 2. The monoisotopic (exact) mass is 394 g/mol. The van der Waals surface area contributed by atoms with E-state index >= 15 is 0 Å². The molecule has 3 N–H and O–H groups in total. The number of aliphatic hydroxyl groups excluding tert-OH is 1. The highest BCUT2D eigenvalue weighted by Crippen LogP contribution is 2.30. The number of thioether (sulfide) groups is 1. The molecule has 7 nitrogen and oxygen atoms in total. The Bertz CT molecular complexity index is 1120. The van der Waals surface area contributed by atoms with E-state index in [1.807, 2.05) is 47.8 Å². The minimum absolute atomic E-state index is 0.0657. The Morgan fingerprint density at radius 1 is 1.26 bits per heavy atom. The molecule has 4 aromatic rings. The fourth-order valence-electron chi connectivity index (χ4n) is 2.54. The molecule has 9 heteroatoms. The molecule has 27 heavy (non-hydrogen) atoms. The number of para-hydroxylation sites is 2. The average Bonchev–Trinajstić information content (AvgIpc) is 3.42. The molecule has 0 fully saturated rings. The summed E-state index contributed by atoms with van der Waals surface area (Å²) in [6.45, 7) is 1.79. The first kappa shape index (κ1) is 17.3. The zero-order chi connectivity index (χ0) is 18.8. The van der Waals surface area contributed by atoms with Gasteiger partial charge in [-0.15, -0.1) is 16.4 Å². The number of nitriles is 1. The van der Waals surface area contributed by atoms with Gasteiger partial charge in [0, 0.05) is 0 Å². The Labute approximate surface area is 162 Å². The van der Waals surface area contributed by atoms with Crippen molar-refractivity contribution in [1.29, 1.82) is 5.26 Å². The third kappa shape index (κ3) is 3.45. The number of hydrogen-bond donors (Lipinski definition) is 3. The number of thiophene rings is 1. The molecule has 0 saturated heterocycles. The molecule has 0 unspecified atom stereocenters. The highest BCUT2D eigenvalue weighted by atomic mass is 32.2. The topological polar surface area (TPSA) is 114 Å². The Kier molecular flexibility index (Phi) is 4.66. The number of hydrogen-bond acceptors (Lipinski definition) is 7. The van der Waals surface area contributed by atoms with Gasteiger partial charge in [0.2, 0.25) is 5.16 Å². The first-order valence-corrected chi connectivity index (χ1v) is 9.83. The molecular formula is C18H14N6OS2. The van der Waals surface area contributed by atoms with Gasteiger partial charge in [0.05, 0.1) is 21.2 Å². The quantitative estimate of drug-likeness (QED) is 0.263. The third-order valence-corrected chi connectivity index (χ3v) is 5.73. The van der Waals surface area contributed by atoms with Crippen molar-refractivity contribution in [2.24, 2.45) is 0 Å². The van der Waals surface area contributed by atoms with E-state index in [0.717, 1.165) is 15.9 Å². The van der Waals surface area contributed by atoms with Crippen LogP contribution in [0.3, 0.4) is 0 Å². The van der Waals surface area contributed by atoms with Crippen LogP contribution in [0.1, 0.15) is 12.7 Å². The average molecular weight is 394 g/mol. The van der Waals surface area contributed by atoms with Gasteiger partial charge in [-0.2, -0.15) is 5.26 Å². The second-order valence-corrected chi connectivity index (χ2v) is 7.93.